The lowest BCUT2D eigenvalue weighted by molar-refractivity contribution is -0.870. The highest BCUT2D eigenvalue weighted by molar-refractivity contribution is 7.47. The molecule has 2 N–H and O–H groups in total. The topological polar surface area (TPSA) is 111 Å². The SMILES string of the molecule is CCCCC/C=C\C/C=C\CCCCCCCCCCCCCCCCCCCC(=O)OC(/C=C\CCCCCCCCCCCCC)C(COP(=O)(O)OCC[N+](C)(C)C)NC(=O)CCCCC/C=C/C=C/CCCCCCCCC. The number of carbonyl (C=O) groups is 2. The van der Waals surface area contributed by atoms with E-state index in [4.69, 9.17) is 13.8 Å². The quantitative estimate of drug-likeness (QED) is 0.0156. The van der Waals surface area contributed by atoms with Gasteiger partial charge in [0.2, 0.25) is 5.91 Å². The zero-order valence-corrected chi connectivity index (χ0v) is 55.9. The molecule has 0 saturated carbocycles. The maximum Gasteiger partial charge on any atom is 0.472 e. The number of amides is 1. The molecule has 0 saturated heterocycles. The second kappa shape index (κ2) is 61.8. The van der Waals surface area contributed by atoms with Gasteiger partial charge in [-0.2, -0.15) is 0 Å². The first kappa shape index (κ1) is 79.7. The fraction of sp³-hybridized carbons (Fsp3) is 0.833. The van der Waals surface area contributed by atoms with Crippen LogP contribution in [0.5, 0.6) is 0 Å². The van der Waals surface area contributed by atoms with Gasteiger partial charge >= 0.3 is 13.8 Å². The molecule has 0 aliphatic carbocycles. The number of carbonyl (C=O) groups excluding carboxylic acids is 2. The van der Waals surface area contributed by atoms with Crippen molar-refractivity contribution in [1.29, 1.82) is 0 Å². The lowest BCUT2D eigenvalue weighted by Gasteiger charge is -2.27. The summed E-state index contributed by atoms with van der Waals surface area (Å²) in [6, 6.07) is -0.862. The predicted octanol–water partition coefficient (Wildman–Crippen LogP) is 22.2. The van der Waals surface area contributed by atoms with Crippen molar-refractivity contribution in [2.24, 2.45) is 0 Å². The molecule has 3 atom stereocenters. The molecule has 0 fully saturated rings. The summed E-state index contributed by atoms with van der Waals surface area (Å²) in [5, 5.41) is 3.05. The minimum absolute atomic E-state index is 0.0356. The summed E-state index contributed by atoms with van der Waals surface area (Å²) in [6.45, 7) is 7.00. The third kappa shape index (κ3) is 62.2. The fourth-order valence-corrected chi connectivity index (χ4v) is 11.0. The zero-order chi connectivity index (χ0) is 60.0. The summed E-state index contributed by atoms with van der Waals surface area (Å²) in [7, 11) is 1.49. The molecule has 0 aliphatic heterocycles. The molecule has 0 aromatic carbocycles. The van der Waals surface area contributed by atoms with E-state index in [1.54, 1.807) is 0 Å². The molecule has 82 heavy (non-hydrogen) atoms. The van der Waals surface area contributed by atoms with Gasteiger partial charge in [-0.3, -0.25) is 18.6 Å². The summed E-state index contributed by atoms with van der Waals surface area (Å²) in [4.78, 5) is 37.8. The average Bonchev–Trinajstić information content (AvgIpc) is 3.45. The van der Waals surface area contributed by atoms with Crippen LogP contribution in [0.25, 0.3) is 0 Å². The van der Waals surface area contributed by atoms with Gasteiger partial charge in [-0.15, -0.1) is 0 Å². The number of ether oxygens (including phenoxy) is 1. The maximum atomic E-state index is 13.6. The van der Waals surface area contributed by atoms with Crippen molar-refractivity contribution in [2.75, 3.05) is 40.9 Å². The highest BCUT2D eigenvalue weighted by Gasteiger charge is 2.30. The highest BCUT2D eigenvalue weighted by atomic mass is 31.2. The van der Waals surface area contributed by atoms with Crippen LogP contribution in [0, 0.1) is 0 Å². The van der Waals surface area contributed by atoms with E-state index in [1.165, 1.54) is 225 Å². The van der Waals surface area contributed by atoms with Crippen LogP contribution in [0.2, 0.25) is 0 Å². The number of likely N-dealkylation sites (N-methyl/N-ethyl adjacent to an activating group) is 1. The van der Waals surface area contributed by atoms with E-state index in [9.17, 15) is 19.0 Å². The minimum Gasteiger partial charge on any atom is -0.456 e. The van der Waals surface area contributed by atoms with E-state index in [0.717, 1.165) is 70.6 Å². The van der Waals surface area contributed by atoms with Gasteiger partial charge in [-0.05, 0) is 89.5 Å². The molecule has 0 heterocycles. The third-order valence-corrected chi connectivity index (χ3v) is 16.7. The van der Waals surface area contributed by atoms with E-state index < -0.39 is 20.0 Å². The monoisotopic (exact) mass is 1170 g/mol. The van der Waals surface area contributed by atoms with Gasteiger partial charge in [0.05, 0.1) is 33.8 Å². The van der Waals surface area contributed by atoms with Crippen molar-refractivity contribution >= 4 is 19.7 Å². The van der Waals surface area contributed by atoms with E-state index in [1.807, 2.05) is 33.3 Å². The molecule has 0 spiro atoms. The van der Waals surface area contributed by atoms with Crippen LogP contribution >= 0.6 is 7.82 Å². The molecule has 1 amide bonds. The van der Waals surface area contributed by atoms with Crippen LogP contribution in [-0.2, 0) is 27.9 Å². The molecular formula is C72H136N2O7P+. The Morgan fingerprint density at radius 1 is 0.439 bits per heavy atom. The number of nitrogens with one attached hydrogen (secondary N) is 1. The molecule has 0 rings (SSSR count). The summed E-state index contributed by atoms with van der Waals surface area (Å²) < 4.78 is 30.8. The Kier molecular flexibility index (Phi) is 60.1. The number of quaternary nitrogens is 1. The second-order valence-electron chi connectivity index (χ2n) is 25.1. The van der Waals surface area contributed by atoms with E-state index in [2.05, 4.69) is 74.7 Å². The summed E-state index contributed by atoms with van der Waals surface area (Å²) in [5.41, 5.74) is 0. The van der Waals surface area contributed by atoms with Gasteiger partial charge in [0, 0.05) is 12.8 Å². The largest absolute Gasteiger partial charge is 0.472 e. The van der Waals surface area contributed by atoms with Crippen molar-refractivity contribution < 1.29 is 37.3 Å². The highest BCUT2D eigenvalue weighted by Crippen LogP contribution is 2.43. The van der Waals surface area contributed by atoms with Gasteiger partial charge in [0.25, 0.3) is 0 Å². The molecule has 0 aromatic heterocycles. The zero-order valence-electron chi connectivity index (χ0n) is 55.0. The Labute approximate surface area is 509 Å². The first-order valence-electron chi connectivity index (χ1n) is 35.1. The number of hydrogen-bond acceptors (Lipinski definition) is 6. The first-order chi connectivity index (χ1) is 39.9. The van der Waals surface area contributed by atoms with E-state index >= 15 is 0 Å². The van der Waals surface area contributed by atoms with Gasteiger partial charge in [0.15, 0.2) is 0 Å². The van der Waals surface area contributed by atoms with Crippen LogP contribution in [-0.4, -0.2) is 74.3 Å². The molecule has 9 nitrogen and oxygen atoms in total. The number of rotatable bonds is 64. The summed E-state index contributed by atoms with van der Waals surface area (Å²) in [6.07, 6.45) is 79.5. The molecule has 0 aliphatic rings. The van der Waals surface area contributed by atoms with Gasteiger partial charge < -0.3 is 19.4 Å². The van der Waals surface area contributed by atoms with Crippen LogP contribution in [0.15, 0.2) is 60.8 Å². The summed E-state index contributed by atoms with van der Waals surface area (Å²) in [5.74, 6) is -0.523. The smallest absolute Gasteiger partial charge is 0.456 e. The van der Waals surface area contributed by atoms with Crippen LogP contribution < -0.4 is 5.32 Å². The maximum absolute atomic E-state index is 13.6. The molecule has 0 bridgehead atoms. The van der Waals surface area contributed by atoms with Crippen molar-refractivity contribution in [3.05, 3.63) is 60.8 Å². The van der Waals surface area contributed by atoms with Gasteiger partial charge in [-0.1, -0.05) is 294 Å². The van der Waals surface area contributed by atoms with E-state index in [-0.39, 0.29) is 31.5 Å². The minimum atomic E-state index is -4.46. The molecule has 480 valence electrons. The van der Waals surface area contributed by atoms with Crippen molar-refractivity contribution in [2.45, 2.75) is 348 Å². The summed E-state index contributed by atoms with van der Waals surface area (Å²) >= 11 is 0. The van der Waals surface area contributed by atoms with Crippen molar-refractivity contribution in [1.82, 2.24) is 5.32 Å². The predicted molar refractivity (Wildman–Crippen MR) is 355 cm³/mol. The second-order valence-corrected chi connectivity index (χ2v) is 26.5. The molecule has 3 unspecified atom stereocenters. The lowest BCUT2D eigenvalue weighted by atomic mass is 10.0. The number of allylic oxidation sites excluding steroid dienone is 9. The Morgan fingerprint density at radius 2 is 0.780 bits per heavy atom. The Morgan fingerprint density at radius 3 is 1.21 bits per heavy atom. The number of esters is 1. The number of phosphoric acid groups is 1. The normalized spacial score (nSPS) is 13.9. The molecular weight excluding hydrogens is 1040 g/mol. The number of nitrogens with zero attached hydrogens (tertiary/aromatic N) is 1. The number of phosphoric ester groups is 1. The standard InChI is InChI=1S/C72H135N2O7P/c1-7-10-13-16-19-22-25-28-30-32-33-34-35-36-37-38-39-40-41-42-44-47-50-53-56-59-62-65-72(76)81-70(63-60-57-54-51-48-45-27-24-21-18-15-12-9-3)69(68-80-82(77,78)79-67-66-74(4,5)6)73-71(75)64-61-58-55-52-49-46-43-31-29-26-23-20-17-14-11-8-2/h19,22,28,30-31,43,46,49,60,63,69-70H,7-18,20-21,23-27,29,32-42,44-45,47-48,50-59,61-62,64-68H2,1-6H3,(H-,73,75,77,78)/p+1/b22-19-,30-28-,43-31+,49-46+,63-60-. The third-order valence-electron chi connectivity index (χ3n) is 15.7. The Hall–Kier alpha value is -2.29. The van der Waals surface area contributed by atoms with Gasteiger partial charge in [-0.25, -0.2) is 4.57 Å². The van der Waals surface area contributed by atoms with E-state index in [0.29, 0.717) is 23.9 Å². The average molecular weight is 1170 g/mol. The Bertz CT molecular complexity index is 1590. The van der Waals surface area contributed by atoms with Gasteiger partial charge in [0.1, 0.15) is 19.3 Å². The van der Waals surface area contributed by atoms with Crippen LogP contribution in [0.3, 0.4) is 0 Å². The molecule has 10 heteroatoms. The van der Waals surface area contributed by atoms with Crippen LogP contribution in [0.4, 0.5) is 0 Å². The number of hydrogen-bond donors (Lipinski definition) is 2. The Balaban J connectivity index is 5.06. The number of unbranched alkanes of at least 4 members (excludes halogenated alkanes) is 41. The molecule has 0 radical (unpaired) electrons. The fourth-order valence-electron chi connectivity index (χ4n) is 10.3. The molecule has 0 aromatic rings. The van der Waals surface area contributed by atoms with Crippen molar-refractivity contribution in [3.63, 3.8) is 0 Å². The van der Waals surface area contributed by atoms with Crippen molar-refractivity contribution in [3.8, 4) is 0 Å². The van der Waals surface area contributed by atoms with Crippen LogP contribution in [0.1, 0.15) is 335 Å². The first-order valence-corrected chi connectivity index (χ1v) is 36.6. The lowest BCUT2D eigenvalue weighted by Crippen LogP contribution is -2.47.